The number of aliphatic hydroxyl groups is 1. The lowest BCUT2D eigenvalue weighted by atomic mass is 9.85. The lowest BCUT2D eigenvalue weighted by Crippen LogP contribution is -2.55. The van der Waals surface area contributed by atoms with Crippen LogP contribution in [0, 0.1) is 11.6 Å². The molecule has 4 rings (SSSR count). The third-order valence-corrected chi connectivity index (χ3v) is 6.48. The smallest absolute Gasteiger partial charge is 0.137 e. The first-order valence-electron chi connectivity index (χ1n) is 10.6. The zero-order chi connectivity index (χ0) is 22.7. The number of aromatic nitrogens is 3. The quantitative estimate of drug-likeness (QED) is 0.561. The van der Waals surface area contributed by atoms with Gasteiger partial charge in [0.25, 0.3) is 0 Å². The highest BCUT2D eigenvalue weighted by Crippen LogP contribution is 2.32. The van der Waals surface area contributed by atoms with Crippen LogP contribution in [0.1, 0.15) is 25.3 Å². The molecule has 2 atom stereocenters. The number of nitrogens with zero attached hydrogens (tertiary/aromatic N) is 4. The van der Waals surface area contributed by atoms with Crippen molar-refractivity contribution in [3.05, 3.63) is 77.3 Å². The average molecular weight is 462 g/mol. The second-order valence-corrected chi connectivity index (χ2v) is 8.65. The van der Waals surface area contributed by atoms with Gasteiger partial charge in [-0.05, 0) is 38.0 Å². The zero-order valence-corrected chi connectivity index (χ0v) is 18.5. The number of hydrogen-bond acceptors (Lipinski definition) is 5. The largest absolute Gasteiger partial charge is 0.381 e. The van der Waals surface area contributed by atoms with E-state index in [1.807, 2.05) is 24.3 Å². The van der Waals surface area contributed by atoms with Crippen molar-refractivity contribution in [2.45, 2.75) is 44.0 Å². The number of piperidine rings is 1. The summed E-state index contributed by atoms with van der Waals surface area (Å²) < 4.78 is 29.7. The van der Waals surface area contributed by atoms with Gasteiger partial charge in [0.05, 0.1) is 17.3 Å². The number of para-hydroxylation sites is 1. The fraction of sp³-hybridized carbons (Fsp3) is 0.391. The predicted molar refractivity (Wildman–Crippen MR) is 120 cm³/mol. The number of nitrogens with one attached hydrogen (secondary N) is 1. The molecular weight excluding hydrogens is 436 g/mol. The monoisotopic (exact) mass is 461 g/mol. The summed E-state index contributed by atoms with van der Waals surface area (Å²) in [7, 11) is 0. The van der Waals surface area contributed by atoms with Gasteiger partial charge in [-0.15, -0.1) is 0 Å². The Balaban J connectivity index is 1.49. The van der Waals surface area contributed by atoms with Gasteiger partial charge in [-0.25, -0.2) is 18.4 Å². The Hall–Kier alpha value is -2.55. The van der Waals surface area contributed by atoms with E-state index in [0.717, 1.165) is 48.8 Å². The average Bonchev–Trinajstić information content (AvgIpc) is 3.27. The summed E-state index contributed by atoms with van der Waals surface area (Å²) in [4.78, 5) is 6.15. The molecule has 0 saturated carbocycles. The molecule has 2 aromatic carbocycles. The second-order valence-electron chi connectivity index (χ2n) is 8.24. The lowest BCUT2D eigenvalue weighted by Gasteiger charge is -2.40. The summed E-state index contributed by atoms with van der Waals surface area (Å²) >= 11 is 6.33. The molecule has 0 spiro atoms. The van der Waals surface area contributed by atoms with Crippen LogP contribution in [0.15, 0.2) is 55.1 Å². The Morgan fingerprint density at radius 3 is 2.62 bits per heavy atom. The van der Waals surface area contributed by atoms with Gasteiger partial charge in [0.15, 0.2) is 0 Å². The molecule has 2 heterocycles. The predicted octanol–water partition coefficient (Wildman–Crippen LogP) is 3.74. The van der Waals surface area contributed by atoms with Crippen LogP contribution in [0.25, 0.3) is 0 Å². The summed E-state index contributed by atoms with van der Waals surface area (Å²) in [6.45, 7) is 3.39. The molecule has 1 aliphatic heterocycles. The fourth-order valence-electron chi connectivity index (χ4n) is 4.34. The summed E-state index contributed by atoms with van der Waals surface area (Å²) in [5, 5.41) is 19.9. The van der Waals surface area contributed by atoms with E-state index in [2.05, 4.69) is 20.3 Å². The number of rotatable bonds is 7. The summed E-state index contributed by atoms with van der Waals surface area (Å²) in [6, 6.07) is 10.6. The number of anilines is 1. The highest BCUT2D eigenvalue weighted by atomic mass is 35.5. The topological polar surface area (TPSA) is 66.2 Å². The summed E-state index contributed by atoms with van der Waals surface area (Å²) in [5.74, 6) is -1.49. The van der Waals surface area contributed by atoms with E-state index in [4.69, 9.17) is 11.6 Å². The van der Waals surface area contributed by atoms with Gasteiger partial charge in [0, 0.05) is 36.8 Å². The summed E-state index contributed by atoms with van der Waals surface area (Å²) in [6.07, 6.45) is 4.48. The van der Waals surface area contributed by atoms with Gasteiger partial charge in [-0.3, -0.25) is 0 Å². The molecule has 0 radical (unpaired) electrons. The molecule has 170 valence electrons. The molecule has 0 bridgehead atoms. The van der Waals surface area contributed by atoms with Gasteiger partial charge < -0.3 is 15.3 Å². The highest BCUT2D eigenvalue weighted by Gasteiger charge is 2.40. The minimum absolute atomic E-state index is 0.0166. The normalized spacial score (nSPS) is 17.8. The number of halogens is 3. The molecule has 0 unspecified atom stereocenters. The third kappa shape index (κ3) is 4.77. The fourth-order valence-corrected chi connectivity index (χ4v) is 4.60. The van der Waals surface area contributed by atoms with E-state index in [9.17, 15) is 13.9 Å². The Labute approximate surface area is 190 Å². The maximum absolute atomic E-state index is 14.7. The lowest BCUT2D eigenvalue weighted by molar-refractivity contribution is -0.0242. The molecule has 1 fully saturated rings. The molecule has 9 heteroatoms. The van der Waals surface area contributed by atoms with Gasteiger partial charge >= 0.3 is 0 Å². The molecule has 1 aliphatic rings. The first-order chi connectivity index (χ1) is 15.4. The van der Waals surface area contributed by atoms with Crippen molar-refractivity contribution in [2.75, 3.05) is 18.0 Å². The molecule has 32 heavy (non-hydrogen) atoms. The SMILES string of the molecule is C[C@@H](NC1CCN(c2ccccc2Cl)CC1)[C@](O)(Cn1cncn1)c1ccc(F)cc1F. The van der Waals surface area contributed by atoms with Crippen molar-refractivity contribution in [1.82, 2.24) is 20.1 Å². The molecule has 0 amide bonds. The van der Waals surface area contributed by atoms with E-state index < -0.39 is 23.3 Å². The Morgan fingerprint density at radius 1 is 1.22 bits per heavy atom. The van der Waals surface area contributed by atoms with Crippen LogP contribution in [-0.4, -0.2) is 45.0 Å². The van der Waals surface area contributed by atoms with Crippen molar-refractivity contribution in [1.29, 1.82) is 0 Å². The van der Waals surface area contributed by atoms with Crippen LogP contribution in [0.3, 0.4) is 0 Å². The van der Waals surface area contributed by atoms with Crippen molar-refractivity contribution in [3.8, 4) is 0 Å². The van der Waals surface area contributed by atoms with Crippen LogP contribution in [0.4, 0.5) is 14.5 Å². The third-order valence-electron chi connectivity index (χ3n) is 6.16. The molecular formula is C23H26ClF2N5O. The first-order valence-corrected chi connectivity index (χ1v) is 11.0. The Morgan fingerprint density at radius 2 is 1.97 bits per heavy atom. The zero-order valence-electron chi connectivity index (χ0n) is 17.8. The van der Waals surface area contributed by atoms with Crippen LogP contribution in [-0.2, 0) is 12.1 Å². The van der Waals surface area contributed by atoms with E-state index in [-0.39, 0.29) is 18.2 Å². The number of benzene rings is 2. The van der Waals surface area contributed by atoms with Crippen molar-refractivity contribution >= 4 is 17.3 Å². The van der Waals surface area contributed by atoms with Gasteiger partial charge in [-0.1, -0.05) is 29.8 Å². The van der Waals surface area contributed by atoms with Crippen molar-refractivity contribution in [3.63, 3.8) is 0 Å². The second kappa shape index (κ2) is 9.52. The Bertz CT molecular complexity index is 1040. The molecule has 3 aromatic rings. The summed E-state index contributed by atoms with van der Waals surface area (Å²) in [5.41, 5.74) is -0.634. The van der Waals surface area contributed by atoms with Gasteiger partial charge in [0.2, 0.25) is 0 Å². The highest BCUT2D eigenvalue weighted by molar-refractivity contribution is 6.33. The van der Waals surface area contributed by atoms with Crippen LogP contribution in [0.5, 0.6) is 0 Å². The van der Waals surface area contributed by atoms with E-state index >= 15 is 0 Å². The molecule has 1 saturated heterocycles. The molecule has 2 N–H and O–H groups in total. The Kier molecular flexibility index (Phi) is 6.74. The minimum atomic E-state index is -1.66. The van der Waals surface area contributed by atoms with E-state index in [1.54, 1.807) is 6.92 Å². The molecule has 0 aliphatic carbocycles. The number of hydrogen-bond donors (Lipinski definition) is 2. The van der Waals surface area contributed by atoms with Crippen LogP contribution < -0.4 is 10.2 Å². The molecule has 1 aromatic heterocycles. The van der Waals surface area contributed by atoms with Crippen molar-refractivity contribution in [2.24, 2.45) is 0 Å². The van der Waals surface area contributed by atoms with Gasteiger partial charge in [-0.2, -0.15) is 5.10 Å². The minimum Gasteiger partial charge on any atom is -0.381 e. The van der Waals surface area contributed by atoms with E-state index in [0.29, 0.717) is 0 Å². The van der Waals surface area contributed by atoms with Crippen LogP contribution in [0.2, 0.25) is 5.02 Å². The maximum atomic E-state index is 14.7. The molecule has 6 nitrogen and oxygen atoms in total. The van der Waals surface area contributed by atoms with Crippen LogP contribution >= 0.6 is 11.6 Å². The first kappa shape index (κ1) is 22.6. The maximum Gasteiger partial charge on any atom is 0.137 e. The van der Waals surface area contributed by atoms with Crippen molar-refractivity contribution < 1.29 is 13.9 Å². The van der Waals surface area contributed by atoms with E-state index in [1.165, 1.54) is 23.4 Å². The standard InChI is InChI=1S/C23H26ClF2N5O/c1-16(29-18-8-10-30(11-9-18)22-5-3-2-4-20(22)24)23(32,13-31-15-27-14-28-31)19-7-6-17(25)12-21(19)26/h2-7,12,14-16,18,29,32H,8-11,13H2,1H3/t16-,23-/m1/s1. The van der Waals surface area contributed by atoms with Gasteiger partial charge in [0.1, 0.15) is 29.9 Å².